The van der Waals surface area contributed by atoms with Gasteiger partial charge in [0, 0.05) is 20.1 Å². The summed E-state index contributed by atoms with van der Waals surface area (Å²) < 4.78 is 5.31. The van der Waals surface area contributed by atoms with Gasteiger partial charge in [-0.3, -0.25) is 0 Å². The molecule has 0 spiro atoms. The molecule has 0 saturated heterocycles. The number of rotatable bonds is 0. The summed E-state index contributed by atoms with van der Waals surface area (Å²) in [5, 5.41) is 1.28. The molecule has 2 heterocycles. The van der Waals surface area contributed by atoms with Crippen molar-refractivity contribution in [3.05, 3.63) is 65.7 Å². The number of fused-ring (bicyclic) bond motifs is 2. The fourth-order valence-corrected chi connectivity index (χ4v) is 2.31. The van der Waals surface area contributed by atoms with E-state index in [0.717, 1.165) is 17.0 Å². The third-order valence-corrected chi connectivity index (χ3v) is 3.36. The number of benzene rings is 2. The summed E-state index contributed by atoms with van der Waals surface area (Å²) in [6.45, 7) is 18.5. The maximum absolute atomic E-state index is 5.31. The van der Waals surface area contributed by atoms with Gasteiger partial charge in [0.25, 0.3) is 0 Å². The highest BCUT2D eigenvalue weighted by molar-refractivity contribution is 5.79. The SMILES string of the molecule is CC.CCC.CCC.Cc1ccc2cc[nH]c2c1.Cc1ccc2oc(C)nc2c1.[HH]. The maximum atomic E-state index is 5.31. The van der Waals surface area contributed by atoms with Crippen LogP contribution in [0.5, 0.6) is 0 Å². The van der Waals surface area contributed by atoms with Crippen molar-refractivity contribution in [1.82, 2.24) is 9.97 Å². The van der Waals surface area contributed by atoms with Gasteiger partial charge in [-0.05, 0) is 54.6 Å². The number of aryl methyl sites for hydroxylation is 3. The number of aromatic nitrogens is 2. The van der Waals surface area contributed by atoms with Gasteiger partial charge in [0.1, 0.15) is 5.52 Å². The summed E-state index contributed by atoms with van der Waals surface area (Å²) in [7, 11) is 0. The van der Waals surface area contributed by atoms with Crippen molar-refractivity contribution in [3.63, 3.8) is 0 Å². The molecule has 0 amide bonds. The Hall–Kier alpha value is -2.55. The second kappa shape index (κ2) is 15.4. The molecule has 0 atom stereocenters. The van der Waals surface area contributed by atoms with Gasteiger partial charge in [-0.1, -0.05) is 72.6 Å². The Morgan fingerprint density at radius 3 is 2.00 bits per heavy atom. The number of aromatic amines is 1. The van der Waals surface area contributed by atoms with Crippen molar-refractivity contribution in [2.75, 3.05) is 0 Å². The highest BCUT2D eigenvalue weighted by Gasteiger charge is 1.99. The number of H-pyrrole nitrogens is 1. The first kappa shape index (κ1) is 26.4. The number of hydrogen-bond donors (Lipinski definition) is 1. The zero-order valence-corrected chi connectivity index (χ0v) is 19.9. The van der Waals surface area contributed by atoms with E-state index in [1.165, 1.54) is 34.9 Å². The van der Waals surface area contributed by atoms with Crippen LogP contribution in [-0.2, 0) is 0 Å². The largest absolute Gasteiger partial charge is 0.441 e. The summed E-state index contributed by atoms with van der Waals surface area (Å²) in [5.41, 5.74) is 5.55. The molecule has 29 heavy (non-hydrogen) atoms. The monoisotopic (exact) mass is 398 g/mol. The van der Waals surface area contributed by atoms with Crippen LogP contribution in [0.3, 0.4) is 0 Å². The van der Waals surface area contributed by atoms with Crippen LogP contribution in [0.4, 0.5) is 0 Å². The Morgan fingerprint density at radius 2 is 1.38 bits per heavy atom. The first-order valence-electron chi connectivity index (χ1n) is 10.8. The van der Waals surface area contributed by atoms with Crippen LogP contribution >= 0.6 is 0 Å². The van der Waals surface area contributed by atoms with Crippen LogP contribution in [-0.4, -0.2) is 9.97 Å². The molecule has 0 aliphatic heterocycles. The van der Waals surface area contributed by atoms with Gasteiger partial charge >= 0.3 is 0 Å². The minimum Gasteiger partial charge on any atom is -0.441 e. The quantitative estimate of drug-likeness (QED) is 0.321. The van der Waals surface area contributed by atoms with Crippen molar-refractivity contribution < 1.29 is 5.84 Å². The summed E-state index contributed by atoms with van der Waals surface area (Å²) in [6.07, 6.45) is 4.46. The summed E-state index contributed by atoms with van der Waals surface area (Å²) in [6, 6.07) is 14.5. The van der Waals surface area contributed by atoms with Crippen molar-refractivity contribution in [1.29, 1.82) is 0 Å². The van der Waals surface area contributed by atoms with E-state index in [0.29, 0.717) is 0 Å². The lowest BCUT2D eigenvalue weighted by atomic mass is 10.2. The Bertz CT molecular complexity index is 923. The lowest BCUT2D eigenvalue weighted by molar-refractivity contribution is 0.561. The second-order valence-electron chi connectivity index (χ2n) is 6.69. The van der Waals surface area contributed by atoms with Gasteiger partial charge < -0.3 is 9.40 Å². The first-order valence-corrected chi connectivity index (χ1v) is 10.8. The predicted molar refractivity (Wildman–Crippen MR) is 132 cm³/mol. The van der Waals surface area contributed by atoms with Gasteiger partial charge in [0.05, 0.1) is 0 Å². The zero-order chi connectivity index (χ0) is 22.2. The van der Waals surface area contributed by atoms with Crippen LogP contribution in [0, 0.1) is 20.8 Å². The third kappa shape index (κ3) is 9.98. The minimum absolute atomic E-state index is 0. The molecule has 0 saturated carbocycles. The fraction of sp³-hybridized carbons (Fsp3) is 0.423. The highest BCUT2D eigenvalue weighted by Crippen LogP contribution is 2.15. The first-order chi connectivity index (χ1) is 13.9. The zero-order valence-electron chi connectivity index (χ0n) is 19.9. The van der Waals surface area contributed by atoms with Crippen molar-refractivity contribution in [2.45, 2.75) is 75.2 Å². The average molecular weight is 399 g/mol. The standard InChI is InChI=1S/C9H9NO.C9H9N.2C3H8.C2H6.H2/c1-6-3-4-9-8(5-6)10-7(2)11-9;1-7-2-3-8-4-5-10-9(8)6-7;2*1-3-2;1-2;/h3-5H,1-2H3;2-6,10H,1H3;2*3H2,1-2H3;1-2H3;1H. The molecule has 0 aliphatic rings. The van der Waals surface area contributed by atoms with Gasteiger partial charge in [-0.2, -0.15) is 0 Å². The molecule has 0 fully saturated rings. The predicted octanol–water partition coefficient (Wildman–Crippen LogP) is 9.03. The molecule has 2 aromatic carbocycles. The Labute approximate surface area is 179 Å². The molecule has 3 nitrogen and oxygen atoms in total. The van der Waals surface area contributed by atoms with Crippen LogP contribution in [0.25, 0.3) is 22.0 Å². The molecule has 4 aromatic rings. The Morgan fingerprint density at radius 1 is 0.828 bits per heavy atom. The molecule has 4 rings (SSSR count). The molecule has 162 valence electrons. The van der Waals surface area contributed by atoms with E-state index in [1.54, 1.807) is 0 Å². The number of hydrogen-bond acceptors (Lipinski definition) is 2. The average Bonchev–Trinajstić information content (AvgIpc) is 3.29. The number of nitrogens with one attached hydrogen (secondary N) is 1. The normalized spacial score (nSPS) is 9.14. The maximum Gasteiger partial charge on any atom is 0.192 e. The summed E-state index contributed by atoms with van der Waals surface area (Å²) >= 11 is 0. The molecule has 0 bridgehead atoms. The van der Waals surface area contributed by atoms with Gasteiger partial charge in [-0.15, -0.1) is 0 Å². The van der Waals surface area contributed by atoms with E-state index >= 15 is 0 Å². The Balaban J connectivity index is 0. The molecule has 0 unspecified atom stereocenters. The molecule has 1 N–H and O–H groups in total. The van der Waals surface area contributed by atoms with Crippen molar-refractivity contribution >= 4 is 22.0 Å². The van der Waals surface area contributed by atoms with E-state index < -0.39 is 0 Å². The smallest absolute Gasteiger partial charge is 0.192 e. The highest BCUT2D eigenvalue weighted by atomic mass is 16.3. The summed E-state index contributed by atoms with van der Waals surface area (Å²) in [5.74, 6) is 0.727. The molecule has 0 radical (unpaired) electrons. The fourth-order valence-electron chi connectivity index (χ4n) is 2.31. The van der Waals surface area contributed by atoms with Gasteiger partial charge in [-0.25, -0.2) is 4.98 Å². The molecule has 0 aliphatic carbocycles. The molecular formula is C26H42N2O. The minimum atomic E-state index is 0. The lowest BCUT2D eigenvalue weighted by Crippen LogP contribution is -1.71. The Kier molecular flexibility index (Phi) is 14.0. The van der Waals surface area contributed by atoms with Crippen molar-refractivity contribution in [3.8, 4) is 0 Å². The summed E-state index contributed by atoms with van der Waals surface area (Å²) in [4.78, 5) is 7.37. The second-order valence-corrected chi connectivity index (χ2v) is 6.69. The topological polar surface area (TPSA) is 41.8 Å². The van der Waals surface area contributed by atoms with E-state index in [4.69, 9.17) is 4.42 Å². The lowest BCUT2D eigenvalue weighted by Gasteiger charge is -1.90. The number of oxazole rings is 1. The van der Waals surface area contributed by atoms with Gasteiger partial charge in [0.15, 0.2) is 11.5 Å². The van der Waals surface area contributed by atoms with Crippen LogP contribution in [0.2, 0.25) is 0 Å². The van der Waals surface area contributed by atoms with Crippen molar-refractivity contribution in [2.24, 2.45) is 0 Å². The molecular weight excluding hydrogens is 356 g/mol. The van der Waals surface area contributed by atoms with E-state index in [-0.39, 0.29) is 1.43 Å². The van der Waals surface area contributed by atoms with Crippen LogP contribution in [0.15, 0.2) is 53.1 Å². The van der Waals surface area contributed by atoms with E-state index in [9.17, 15) is 0 Å². The molecule has 3 heteroatoms. The number of nitrogens with zero attached hydrogens (tertiary/aromatic N) is 1. The van der Waals surface area contributed by atoms with E-state index in [1.807, 2.05) is 52.1 Å². The molecule has 2 aromatic heterocycles. The van der Waals surface area contributed by atoms with Crippen LogP contribution in [0.1, 0.15) is 72.8 Å². The third-order valence-electron chi connectivity index (χ3n) is 3.36. The van der Waals surface area contributed by atoms with E-state index in [2.05, 4.69) is 68.9 Å². The van der Waals surface area contributed by atoms with Gasteiger partial charge in [0.2, 0.25) is 0 Å². The van der Waals surface area contributed by atoms with Crippen LogP contribution < -0.4 is 0 Å².